The molecule has 2 rings (SSSR count). The van der Waals surface area contributed by atoms with Crippen molar-refractivity contribution in [2.75, 3.05) is 24.2 Å². The van der Waals surface area contributed by atoms with Crippen LogP contribution < -0.4 is 14.4 Å². The molecule has 36 heavy (non-hydrogen) atoms. The van der Waals surface area contributed by atoms with Gasteiger partial charge in [-0.25, -0.2) is 8.42 Å². The van der Waals surface area contributed by atoms with E-state index in [4.69, 9.17) is 4.74 Å². The number of sulfonamides is 1. The molecular weight excluding hydrogens is 478 g/mol. The molecule has 0 aliphatic carbocycles. The zero-order valence-corrected chi connectivity index (χ0v) is 23.2. The van der Waals surface area contributed by atoms with Gasteiger partial charge in [0.05, 0.1) is 19.1 Å². The maximum atomic E-state index is 13.3. The largest absolute Gasteiger partial charge is 0.497 e. The van der Waals surface area contributed by atoms with Gasteiger partial charge in [0.2, 0.25) is 21.8 Å². The van der Waals surface area contributed by atoms with E-state index >= 15 is 0 Å². The number of carbonyl (C=O) groups is 2. The minimum atomic E-state index is -3.53. The summed E-state index contributed by atoms with van der Waals surface area (Å²) in [5.41, 5.74) is 3.47. The molecule has 0 fully saturated rings. The molecule has 0 radical (unpaired) electrons. The third kappa shape index (κ3) is 8.26. The first-order valence-corrected chi connectivity index (χ1v) is 14.0. The maximum Gasteiger partial charge on any atom is 0.242 e. The number of methoxy groups -OCH3 is 1. The summed E-state index contributed by atoms with van der Waals surface area (Å²) in [7, 11) is -1.96. The highest BCUT2D eigenvalue weighted by Crippen LogP contribution is 2.22. The molecule has 0 bridgehead atoms. The van der Waals surface area contributed by atoms with E-state index < -0.39 is 16.1 Å². The fraction of sp³-hybridized carbons (Fsp3) is 0.481. The third-order valence-corrected chi connectivity index (χ3v) is 7.21. The third-order valence-electron chi connectivity index (χ3n) is 6.02. The van der Waals surface area contributed by atoms with E-state index in [1.165, 1.54) is 9.21 Å². The van der Waals surface area contributed by atoms with Gasteiger partial charge in [-0.2, -0.15) is 0 Å². The number of carbonyl (C=O) groups excluding carboxylic acids is 2. The van der Waals surface area contributed by atoms with Crippen LogP contribution in [-0.4, -0.2) is 57.1 Å². The van der Waals surface area contributed by atoms with Gasteiger partial charge in [0.25, 0.3) is 0 Å². The number of ether oxygens (including phenoxy) is 1. The Morgan fingerprint density at radius 2 is 1.72 bits per heavy atom. The second kappa shape index (κ2) is 12.8. The van der Waals surface area contributed by atoms with E-state index in [1.54, 1.807) is 20.1 Å². The minimum Gasteiger partial charge on any atom is -0.497 e. The van der Waals surface area contributed by atoms with Crippen molar-refractivity contribution in [3.8, 4) is 5.75 Å². The highest BCUT2D eigenvalue weighted by molar-refractivity contribution is 7.92. The summed E-state index contributed by atoms with van der Waals surface area (Å²) in [4.78, 5) is 27.6. The minimum absolute atomic E-state index is 0.0602. The standard InChI is InChI=1S/C27H39N3O5S/c1-19(2)28-27(32)22(5)29(18-23-10-8-11-25(17-23)35-6)26(31)12-9-15-30(36(7,33)34)24-14-13-20(3)21(4)16-24/h8,10-11,13-14,16-17,19,22H,9,12,15,18H2,1-7H3,(H,28,32)/t22-/m1/s1. The predicted octanol–water partition coefficient (Wildman–Crippen LogP) is 3.80. The van der Waals surface area contributed by atoms with Crippen LogP contribution >= 0.6 is 0 Å². The van der Waals surface area contributed by atoms with Crippen molar-refractivity contribution in [2.24, 2.45) is 0 Å². The summed E-state index contributed by atoms with van der Waals surface area (Å²) in [6.07, 6.45) is 1.57. The highest BCUT2D eigenvalue weighted by atomic mass is 32.2. The molecule has 198 valence electrons. The van der Waals surface area contributed by atoms with Crippen LogP contribution in [0.3, 0.4) is 0 Å². The van der Waals surface area contributed by atoms with Crippen LogP contribution in [-0.2, 0) is 26.2 Å². The first kappa shape index (κ1) is 29.2. The van der Waals surface area contributed by atoms with Gasteiger partial charge in [0.1, 0.15) is 11.8 Å². The molecular formula is C27H39N3O5S. The van der Waals surface area contributed by atoms with Crippen molar-refractivity contribution in [2.45, 2.75) is 66.1 Å². The van der Waals surface area contributed by atoms with Gasteiger partial charge in [-0.1, -0.05) is 18.2 Å². The number of nitrogens with zero attached hydrogens (tertiary/aromatic N) is 2. The number of benzene rings is 2. The quantitative estimate of drug-likeness (QED) is 0.462. The van der Waals surface area contributed by atoms with Gasteiger partial charge in [0, 0.05) is 25.6 Å². The Bertz CT molecular complexity index is 1160. The Morgan fingerprint density at radius 1 is 1.03 bits per heavy atom. The Labute approximate surface area is 215 Å². The summed E-state index contributed by atoms with van der Waals surface area (Å²) in [6.45, 7) is 9.73. The van der Waals surface area contributed by atoms with E-state index in [0.717, 1.165) is 22.9 Å². The molecule has 0 saturated heterocycles. The average molecular weight is 518 g/mol. The number of amides is 2. The molecule has 0 aromatic heterocycles. The molecule has 0 spiro atoms. The maximum absolute atomic E-state index is 13.3. The summed E-state index contributed by atoms with van der Waals surface area (Å²) in [5.74, 6) is 0.197. The second-order valence-electron chi connectivity index (χ2n) is 9.42. The molecule has 0 aliphatic heterocycles. The number of aryl methyl sites for hydroxylation is 2. The first-order valence-electron chi connectivity index (χ1n) is 12.1. The first-order chi connectivity index (χ1) is 16.8. The van der Waals surface area contributed by atoms with Crippen LogP contribution in [0.4, 0.5) is 5.69 Å². The van der Waals surface area contributed by atoms with Crippen molar-refractivity contribution in [3.63, 3.8) is 0 Å². The number of nitrogens with one attached hydrogen (secondary N) is 1. The summed E-state index contributed by atoms with van der Waals surface area (Å²) in [6, 6.07) is 12.1. The summed E-state index contributed by atoms with van der Waals surface area (Å²) >= 11 is 0. The summed E-state index contributed by atoms with van der Waals surface area (Å²) < 4.78 is 31.6. The van der Waals surface area contributed by atoms with Crippen LogP contribution in [0.5, 0.6) is 5.75 Å². The van der Waals surface area contributed by atoms with Gasteiger partial charge < -0.3 is 15.0 Å². The predicted molar refractivity (Wildman–Crippen MR) is 144 cm³/mol. The lowest BCUT2D eigenvalue weighted by Gasteiger charge is -2.30. The van der Waals surface area contributed by atoms with Crippen LogP contribution in [0.25, 0.3) is 0 Å². The monoisotopic (exact) mass is 517 g/mol. The van der Waals surface area contributed by atoms with Crippen molar-refractivity contribution >= 4 is 27.5 Å². The zero-order valence-electron chi connectivity index (χ0n) is 22.4. The molecule has 1 N–H and O–H groups in total. The Kier molecular flexibility index (Phi) is 10.3. The lowest BCUT2D eigenvalue weighted by molar-refractivity contribution is -0.140. The van der Waals surface area contributed by atoms with Gasteiger partial charge in [-0.15, -0.1) is 0 Å². The number of hydrogen-bond donors (Lipinski definition) is 1. The molecule has 0 heterocycles. The Balaban J connectivity index is 2.20. The van der Waals surface area contributed by atoms with Crippen LogP contribution in [0, 0.1) is 13.8 Å². The lowest BCUT2D eigenvalue weighted by Crippen LogP contribution is -2.49. The fourth-order valence-corrected chi connectivity index (χ4v) is 4.80. The van der Waals surface area contributed by atoms with Crippen LogP contribution in [0.1, 0.15) is 50.3 Å². The molecule has 2 aromatic carbocycles. The molecule has 1 atom stereocenters. The average Bonchev–Trinajstić information content (AvgIpc) is 2.80. The normalized spacial score (nSPS) is 12.2. The van der Waals surface area contributed by atoms with Gasteiger partial charge in [-0.3, -0.25) is 13.9 Å². The SMILES string of the molecule is COc1cccc(CN(C(=O)CCCN(c2ccc(C)c(C)c2)S(C)(=O)=O)[C@H](C)C(=O)NC(C)C)c1. The Morgan fingerprint density at radius 3 is 2.31 bits per heavy atom. The van der Waals surface area contributed by atoms with Crippen molar-refractivity contribution in [1.29, 1.82) is 0 Å². The van der Waals surface area contributed by atoms with Gasteiger partial charge >= 0.3 is 0 Å². The molecule has 2 amide bonds. The van der Waals surface area contributed by atoms with E-state index in [-0.39, 0.29) is 37.4 Å². The van der Waals surface area contributed by atoms with E-state index in [9.17, 15) is 18.0 Å². The number of hydrogen-bond acceptors (Lipinski definition) is 5. The molecule has 2 aromatic rings. The molecule has 9 heteroatoms. The lowest BCUT2D eigenvalue weighted by atomic mass is 10.1. The van der Waals surface area contributed by atoms with E-state index in [1.807, 2.05) is 64.1 Å². The molecule has 0 unspecified atom stereocenters. The molecule has 0 aliphatic rings. The smallest absolute Gasteiger partial charge is 0.242 e. The molecule has 0 saturated carbocycles. The fourth-order valence-electron chi connectivity index (χ4n) is 3.84. The van der Waals surface area contributed by atoms with Gasteiger partial charge in [-0.05, 0) is 82.0 Å². The molecule has 8 nitrogen and oxygen atoms in total. The number of rotatable bonds is 12. The topological polar surface area (TPSA) is 96.0 Å². The van der Waals surface area contributed by atoms with Crippen molar-refractivity contribution < 1.29 is 22.7 Å². The second-order valence-corrected chi connectivity index (χ2v) is 11.3. The van der Waals surface area contributed by atoms with Crippen molar-refractivity contribution in [1.82, 2.24) is 10.2 Å². The van der Waals surface area contributed by atoms with Crippen LogP contribution in [0.2, 0.25) is 0 Å². The zero-order chi connectivity index (χ0) is 27.0. The van der Waals surface area contributed by atoms with Crippen LogP contribution in [0.15, 0.2) is 42.5 Å². The van der Waals surface area contributed by atoms with Gasteiger partial charge in [0.15, 0.2) is 0 Å². The highest BCUT2D eigenvalue weighted by Gasteiger charge is 2.27. The number of anilines is 1. The Hall–Kier alpha value is -3.07. The van der Waals surface area contributed by atoms with E-state index in [2.05, 4.69) is 5.32 Å². The van der Waals surface area contributed by atoms with Crippen molar-refractivity contribution in [3.05, 3.63) is 59.2 Å². The van der Waals surface area contributed by atoms with E-state index in [0.29, 0.717) is 17.9 Å². The summed E-state index contributed by atoms with van der Waals surface area (Å²) in [5, 5.41) is 2.87.